The van der Waals surface area contributed by atoms with Crippen molar-refractivity contribution in [2.75, 3.05) is 13.1 Å². The molecular weight excluding hydrogens is 300 g/mol. The standard InChI is InChI=1S/C12H24N4O2S.ClH/c1-5-13-11(4)6-15-19(17,18)12-8-16(9-14-12)7-10(2)3;/h8-11,13,15H,5-7H2,1-4H3;1H/t11-;/m1./s1. The minimum absolute atomic E-state index is 0. The third-order valence-corrected chi connectivity index (χ3v) is 3.90. The summed E-state index contributed by atoms with van der Waals surface area (Å²) < 4.78 is 28.4. The Morgan fingerprint density at radius 2 is 2.00 bits per heavy atom. The number of halogens is 1. The first-order chi connectivity index (χ1) is 8.85. The fraction of sp³-hybridized carbons (Fsp3) is 0.750. The highest BCUT2D eigenvalue weighted by molar-refractivity contribution is 7.89. The van der Waals surface area contributed by atoms with Gasteiger partial charge in [-0.1, -0.05) is 20.8 Å². The minimum atomic E-state index is -3.51. The molecule has 0 saturated carbocycles. The first-order valence-corrected chi connectivity index (χ1v) is 8.08. The maximum Gasteiger partial charge on any atom is 0.259 e. The average Bonchev–Trinajstić information content (AvgIpc) is 2.75. The summed E-state index contributed by atoms with van der Waals surface area (Å²) >= 11 is 0. The van der Waals surface area contributed by atoms with Gasteiger partial charge in [-0.2, -0.15) is 0 Å². The lowest BCUT2D eigenvalue weighted by Gasteiger charge is -2.12. The molecule has 2 N–H and O–H groups in total. The van der Waals surface area contributed by atoms with Gasteiger partial charge >= 0.3 is 0 Å². The van der Waals surface area contributed by atoms with Crippen molar-refractivity contribution in [3.63, 3.8) is 0 Å². The van der Waals surface area contributed by atoms with Gasteiger partial charge in [0.1, 0.15) is 0 Å². The Kier molecular flexibility index (Phi) is 8.34. The summed E-state index contributed by atoms with van der Waals surface area (Å²) in [6.07, 6.45) is 3.13. The predicted molar refractivity (Wildman–Crippen MR) is 82.6 cm³/mol. The molecule has 0 radical (unpaired) electrons. The first kappa shape index (κ1) is 19.4. The number of nitrogens with one attached hydrogen (secondary N) is 2. The molecule has 0 aromatic carbocycles. The van der Waals surface area contributed by atoms with Crippen LogP contribution in [-0.4, -0.2) is 37.1 Å². The molecule has 1 rings (SSSR count). The summed E-state index contributed by atoms with van der Waals surface area (Å²) in [5.41, 5.74) is 0. The fourth-order valence-electron chi connectivity index (χ4n) is 1.73. The van der Waals surface area contributed by atoms with Gasteiger partial charge < -0.3 is 9.88 Å². The quantitative estimate of drug-likeness (QED) is 0.754. The van der Waals surface area contributed by atoms with Crippen LogP contribution in [0.25, 0.3) is 0 Å². The molecule has 118 valence electrons. The van der Waals surface area contributed by atoms with Crippen molar-refractivity contribution >= 4 is 22.4 Å². The SMILES string of the molecule is CCN[C@H](C)CNS(=O)(=O)c1cn(CC(C)C)cn1.Cl. The van der Waals surface area contributed by atoms with Crippen LogP contribution in [0.15, 0.2) is 17.6 Å². The second-order valence-electron chi connectivity index (χ2n) is 5.11. The third kappa shape index (κ3) is 6.21. The van der Waals surface area contributed by atoms with Crippen LogP contribution in [0.2, 0.25) is 0 Å². The number of hydrogen-bond donors (Lipinski definition) is 2. The molecule has 1 aromatic heterocycles. The van der Waals surface area contributed by atoms with Gasteiger partial charge in [0.25, 0.3) is 10.0 Å². The first-order valence-electron chi connectivity index (χ1n) is 6.60. The van der Waals surface area contributed by atoms with E-state index in [0.29, 0.717) is 12.5 Å². The number of nitrogens with zero attached hydrogens (tertiary/aromatic N) is 2. The zero-order valence-corrected chi connectivity index (χ0v) is 14.1. The molecule has 1 atom stereocenters. The van der Waals surface area contributed by atoms with Crippen LogP contribution < -0.4 is 10.0 Å². The molecule has 1 heterocycles. The minimum Gasteiger partial charge on any atom is -0.336 e. The molecule has 0 aliphatic carbocycles. The largest absolute Gasteiger partial charge is 0.336 e. The monoisotopic (exact) mass is 324 g/mol. The number of sulfonamides is 1. The summed E-state index contributed by atoms with van der Waals surface area (Å²) in [7, 11) is -3.51. The van der Waals surface area contributed by atoms with Gasteiger partial charge in [-0.05, 0) is 19.4 Å². The van der Waals surface area contributed by atoms with Crippen LogP contribution in [0, 0.1) is 5.92 Å². The normalized spacial score (nSPS) is 13.2. The lowest BCUT2D eigenvalue weighted by molar-refractivity contribution is 0.520. The van der Waals surface area contributed by atoms with Gasteiger partial charge in [0, 0.05) is 25.3 Å². The van der Waals surface area contributed by atoms with E-state index in [4.69, 9.17) is 0 Å². The number of aromatic nitrogens is 2. The van der Waals surface area contributed by atoms with E-state index in [1.807, 2.05) is 13.8 Å². The Hall–Kier alpha value is -0.630. The zero-order chi connectivity index (χ0) is 14.5. The van der Waals surface area contributed by atoms with Gasteiger partial charge in [-0.15, -0.1) is 12.4 Å². The highest BCUT2D eigenvalue weighted by Gasteiger charge is 2.18. The molecule has 0 unspecified atom stereocenters. The van der Waals surface area contributed by atoms with Crippen LogP contribution in [0.5, 0.6) is 0 Å². The van der Waals surface area contributed by atoms with E-state index < -0.39 is 10.0 Å². The summed E-state index contributed by atoms with van der Waals surface area (Å²) in [5, 5.41) is 3.23. The van der Waals surface area contributed by atoms with Crippen LogP contribution in [0.4, 0.5) is 0 Å². The van der Waals surface area contributed by atoms with Crippen molar-refractivity contribution in [2.24, 2.45) is 5.92 Å². The Balaban J connectivity index is 0.00000361. The van der Waals surface area contributed by atoms with Crippen LogP contribution in [-0.2, 0) is 16.6 Å². The fourth-order valence-corrected chi connectivity index (χ4v) is 2.81. The third-order valence-electron chi connectivity index (χ3n) is 2.59. The van der Waals surface area contributed by atoms with E-state index in [9.17, 15) is 8.42 Å². The highest BCUT2D eigenvalue weighted by atomic mass is 35.5. The van der Waals surface area contributed by atoms with Gasteiger partial charge in [-0.25, -0.2) is 18.1 Å². The van der Waals surface area contributed by atoms with Crippen molar-refractivity contribution in [3.05, 3.63) is 12.5 Å². The summed E-state index contributed by atoms with van der Waals surface area (Å²) in [6, 6.07) is 0.0949. The molecule has 6 nitrogen and oxygen atoms in total. The lowest BCUT2D eigenvalue weighted by atomic mass is 10.2. The maximum absolute atomic E-state index is 12.0. The molecule has 0 bridgehead atoms. The van der Waals surface area contributed by atoms with E-state index in [1.54, 1.807) is 17.1 Å². The summed E-state index contributed by atoms with van der Waals surface area (Å²) in [6.45, 7) is 9.99. The summed E-state index contributed by atoms with van der Waals surface area (Å²) in [5.74, 6) is 0.450. The van der Waals surface area contributed by atoms with Gasteiger partial charge in [0.2, 0.25) is 0 Å². The smallest absolute Gasteiger partial charge is 0.259 e. The second-order valence-corrected chi connectivity index (χ2v) is 6.83. The van der Waals surface area contributed by atoms with Crippen LogP contribution in [0.3, 0.4) is 0 Å². The van der Waals surface area contributed by atoms with Crippen molar-refractivity contribution < 1.29 is 8.42 Å². The lowest BCUT2D eigenvalue weighted by Crippen LogP contribution is -2.38. The van der Waals surface area contributed by atoms with E-state index in [2.05, 4.69) is 28.9 Å². The number of likely N-dealkylation sites (N-methyl/N-ethyl adjacent to an activating group) is 1. The van der Waals surface area contributed by atoms with E-state index in [-0.39, 0.29) is 23.5 Å². The van der Waals surface area contributed by atoms with Crippen molar-refractivity contribution in [1.29, 1.82) is 0 Å². The Bertz CT molecular complexity index is 487. The Morgan fingerprint density at radius 1 is 1.35 bits per heavy atom. The highest BCUT2D eigenvalue weighted by Crippen LogP contribution is 2.07. The molecule has 0 amide bonds. The van der Waals surface area contributed by atoms with Gasteiger partial charge in [0.05, 0.1) is 6.33 Å². The van der Waals surface area contributed by atoms with Gasteiger partial charge in [-0.3, -0.25) is 0 Å². The molecule has 0 saturated heterocycles. The zero-order valence-electron chi connectivity index (χ0n) is 12.5. The summed E-state index contributed by atoms with van der Waals surface area (Å²) in [4.78, 5) is 3.96. The molecule has 20 heavy (non-hydrogen) atoms. The molecular formula is C12H25ClN4O2S. The van der Waals surface area contributed by atoms with E-state index >= 15 is 0 Å². The van der Waals surface area contributed by atoms with E-state index in [1.165, 1.54) is 0 Å². The number of imidazole rings is 1. The number of rotatable bonds is 8. The van der Waals surface area contributed by atoms with Crippen LogP contribution in [0.1, 0.15) is 27.7 Å². The average molecular weight is 325 g/mol. The molecule has 0 aliphatic rings. The van der Waals surface area contributed by atoms with Crippen molar-refractivity contribution in [3.8, 4) is 0 Å². The van der Waals surface area contributed by atoms with E-state index in [0.717, 1.165) is 13.1 Å². The molecule has 1 aromatic rings. The number of hydrogen-bond acceptors (Lipinski definition) is 4. The molecule has 0 spiro atoms. The predicted octanol–water partition coefficient (Wildman–Crippen LogP) is 1.24. The maximum atomic E-state index is 12.0. The Morgan fingerprint density at radius 3 is 2.55 bits per heavy atom. The van der Waals surface area contributed by atoms with Gasteiger partial charge in [0.15, 0.2) is 5.03 Å². The Labute approximate surface area is 127 Å². The second kappa shape index (κ2) is 8.61. The van der Waals surface area contributed by atoms with Crippen molar-refractivity contribution in [1.82, 2.24) is 19.6 Å². The van der Waals surface area contributed by atoms with Crippen LogP contribution >= 0.6 is 12.4 Å². The molecule has 0 aliphatic heterocycles. The molecule has 8 heteroatoms. The topological polar surface area (TPSA) is 76.0 Å². The van der Waals surface area contributed by atoms with Crippen molar-refractivity contribution in [2.45, 2.75) is 45.3 Å². The molecule has 0 fully saturated rings.